The molecule has 0 aromatic heterocycles. The SMILES string of the molecule is CCCCON(C(=O)c1ccccc1)c1ccc(N(OCCCC)C(=O)c2ccccc2)c([N+]#N)c1.[Cl-]. The highest BCUT2D eigenvalue weighted by Gasteiger charge is 2.30. The molecule has 0 spiro atoms. The van der Waals surface area contributed by atoms with E-state index in [4.69, 9.17) is 9.68 Å². The van der Waals surface area contributed by atoms with Gasteiger partial charge in [0.2, 0.25) is 5.39 Å². The van der Waals surface area contributed by atoms with Crippen molar-refractivity contribution < 1.29 is 31.7 Å². The van der Waals surface area contributed by atoms with Crippen LogP contribution in [0.25, 0.3) is 4.98 Å². The van der Waals surface area contributed by atoms with Gasteiger partial charge in [0, 0.05) is 11.1 Å². The number of anilines is 2. The summed E-state index contributed by atoms with van der Waals surface area (Å²) in [6, 6.07) is 22.2. The molecule has 0 heterocycles. The number of amides is 2. The van der Waals surface area contributed by atoms with Gasteiger partial charge in [0.1, 0.15) is 0 Å². The molecule has 3 rings (SSSR count). The highest BCUT2D eigenvalue weighted by Crippen LogP contribution is 2.35. The number of diazo groups is 1. The largest absolute Gasteiger partial charge is 1.00 e. The Kier molecular flexibility index (Phi) is 12.2. The summed E-state index contributed by atoms with van der Waals surface area (Å²) in [6.07, 6.45) is 3.29. The molecule has 37 heavy (non-hydrogen) atoms. The first-order chi connectivity index (χ1) is 17.6. The number of nitrogens with zero attached hydrogens (tertiary/aromatic N) is 4. The van der Waals surface area contributed by atoms with Gasteiger partial charge in [-0.25, -0.2) is 0 Å². The third-order valence-electron chi connectivity index (χ3n) is 5.37. The fourth-order valence-electron chi connectivity index (χ4n) is 3.37. The molecule has 194 valence electrons. The van der Waals surface area contributed by atoms with Crippen molar-refractivity contribution >= 4 is 28.9 Å². The van der Waals surface area contributed by atoms with Gasteiger partial charge in [0.05, 0.1) is 25.0 Å². The minimum absolute atomic E-state index is 0. The van der Waals surface area contributed by atoms with Gasteiger partial charge in [0.25, 0.3) is 11.8 Å². The van der Waals surface area contributed by atoms with Gasteiger partial charge < -0.3 is 12.4 Å². The molecular formula is C28H31ClN4O4. The number of hydrogen-bond acceptors (Lipinski definition) is 5. The predicted octanol–water partition coefficient (Wildman–Crippen LogP) is 3.93. The molecule has 0 aliphatic carbocycles. The molecule has 0 saturated heterocycles. The third kappa shape index (κ3) is 7.86. The van der Waals surface area contributed by atoms with E-state index in [1.807, 2.05) is 26.0 Å². The topological polar surface area (TPSA) is 87.2 Å². The van der Waals surface area contributed by atoms with Crippen molar-refractivity contribution in [2.75, 3.05) is 23.3 Å². The van der Waals surface area contributed by atoms with E-state index in [1.54, 1.807) is 60.7 Å². The van der Waals surface area contributed by atoms with Crippen LogP contribution in [-0.4, -0.2) is 25.0 Å². The number of unbranched alkanes of at least 4 members (excludes halogenated alkanes) is 2. The van der Waals surface area contributed by atoms with Crippen molar-refractivity contribution in [1.29, 1.82) is 5.39 Å². The molecule has 0 N–H and O–H groups in total. The molecule has 0 bridgehead atoms. The minimum atomic E-state index is -0.402. The van der Waals surface area contributed by atoms with Crippen molar-refractivity contribution in [3.05, 3.63) is 95.0 Å². The van der Waals surface area contributed by atoms with Crippen LogP contribution < -0.4 is 22.5 Å². The van der Waals surface area contributed by atoms with Crippen LogP contribution in [0, 0.1) is 5.39 Å². The maximum absolute atomic E-state index is 13.3. The second kappa shape index (κ2) is 15.4. The molecule has 0 atom stereocenters. The van der Waals surface area contributed by atoms with E-state index in [0.717, 1.165) is 30.7 Å². The van der Waals surface area contributed by atoms with Gasteiger partial charge in [-0.3, -0.25) is 19.3 Å². The van der Waals surface area contributed by atoms with Crippen LogP contribution in [-0.2, 0) is 9.68 Å². The van der Waals surface area contributed by atoms with E-state index in [0.29, 0.717) is 30.0 Å². The quantitative estimate of drug-likeness (QED) is 0.204. The van der Waals surface area contributed by atoms with E-state index in [2.05, 4.69) is 4.98 Å². The Bertz CT molecular complexity index is 1190. The van der Waals surface area contributed by atoms with Crippen LogP contribution in [0.1, 0.15) is 60.2 Å². The third-order valence-corrected chi connectivity index (χ3v) is 5.37. The highest BCUT2D eigenvalue weighted by atomic mass is 35.5. The molecule has 9 heteroatoms. The summed E-state index contributed by atoms with van der Waals surface area (Å²) in [5.41, 5.74) is 1.53. The Hall–Kier alpha value is -3.77. The van der Waals surface area contributed by atoms with Crippen molar-refractivity contribution in [2.24, 2.45) is 0 Å². The predicted molar refractivity (Wildman–Crippen MR) is 139 cm³/mol. The Morgan fingerprint density at radius 2 is 1.24 bits per heavy atom. The lowest BCUT2D eigenvalue weighted by atomic mass is 10.1. The molecule has 0 fully saturated rings. The van der Waals surface area contributed by atoms with E-state index in [9.17, 15) is 15.0 Å². The first-order valence-corrected chi connectivity index (χ1v) is 12.1. The zero-order chi connectivity index (χ0) is 25.8. The lowest BCUT2D eigenvalue weighted by molar-refractivity contribution is -0.0000228. The molecule has 0 unspecified atom stereocenters. The number of halogens is 1. The van der Waals surface area contributed by atoms with E-state index in [-0.39, 0.29) is 29.7 Å². The average Bonchev–Trinajstić information content (AvgIpc) is 2.94. The van der Waals surface area contributed by atoms with Gasteiger partial charge in [0.15, 0.2) is 10.7 Å². The fraction of sp³-hybridized carbons (Fsp3) is 0.286. The molecule has 0 radical (unpaired) electrons. The van der Waals surface area contributed by atoms with Crippen molar-refractivity contribution in [3.63, 3.8) is 0 Å². The lowest BCUT2D eigenvalue weighted by Gasteiger charge is -2.23. The molecule has 0 saturated carbocycles. The monoisotopic (exact) mass is 522 g/mol. The van der Waals surface area contributed by atoms with Crippen LogP contribution in [0.5, 0.6) is 0 Å². The molecule has 3 aromatic carbocycles. The summed E-state index contributed by atoms with van der Waals surface area (Å²) in [7, 11) is 0. The van der Waals surface area contributed by atoms with E-state index < -0.39 is 5.91 Å². The summed E-state index contributed by atoms with van der Waals surface area (Å²) < 4.78 is 0. The Morgan fingerprint density at radius 1 is 0.757 bits per heavy atom. The maximum Gasteiger partial charge on any atom is 0.413 e. The second-order valence-electron chi connectivity index (χ2n) is 8.08. The smallest absolute Gasteiger partial charge is 0.413 e. The number of carbonyl (C=O) groups is 2. The van der Waals surface area contributed by atoms with Crippen LogP contribution in [0.15, 0.2) is 78.9 Å². The zero-order valence-corrected chi connectivity index (χ0v) is 21.8. The van der Waals surface area contributed by atoms with Gasteiger partial charge in [-0.15, -0.1) is 0 Å². The van der Waals surface area contributed by atoms with Gasteiger partial charge in [-0.2, -0.15) is 10.1 Å². The number of hydroxylamine groups is 2. The normalized spacial score (nSPS) is 10.2. The standard InChI is InChI=1S/C28H31N4O4.ClH/c1-3-5-19-35-31(27(33)22-13-9-7-10-14-22)24-17-18-26(25(21-24)30-29)32(36-20-6-4-2)28(34)23-15-11-8-12-16-23;/h7-18,21H,3-6,19-20H2,1-2H3;1H/q+1;/p-1. The molecule has 2 amide bonds. The number of carbonyl (C=O) groups excluding carboxylic acids is 2. The van der Waals surface area contributed by atoms with Crippen LogP contribution in [0.3, 0.4) is 0 Å². The Morgan fingerprint density at radius 3 is 1.73 bits per heavy atom. The van der Waals surface area contributed by atoms with Crippen LogP contribution in [0.2, 0.25) is 0 Å². The Balaban J connectivity index is 0.00000481. The van der Waals surface area contributed by atoms with Crippen molar-refractivity contribution in [2.45, 2.75) is 39.5 Å². The summed E-state index contributed by atoms with van der Waals surface area (Å²) >= 11 is 0. The number of hydrogen-bond donors (Lipinski definition) is 0. The van der Waals surface area contributed by atoms with E-state index >= 15 is 0 Å². The van der Waals surface area contributed by atoms with Crippen molar-refractivity contribution in [3.8, 4) is 0 Å². The molecular weight excluding hydrogens is 492 g/mol. The molecule has 0 aliphatic rings. The minimum Gasteiger partial charge on any atom is -1.00 e. The van der Waals surface area contributed by atoms with Gasteiger partial charge >= 0.3 is 5.69 Å². The highest BCUT2D eigenvalue weighted by molar-refractivity contribution is 6.08. The summed E-state index contributed by atoms with van der Waals surface area (Å²) in [5, 5.41) is 12.2. The first kappa shape index (κ1) is 29.5. The second-order valence-corrected chi connectivity index (χ2v) is 8.08. The maximum atomic E-state index is 13.3. The summed E-state index contributed by atoms with van der Waals surface area (Å²) in [5.74, 6) is -0.763. The van der Waals surface area contributed by atoms with Crippen LogP contribution >= 0.6 is 0 Å². The average molecular weight is 523 g/mol. The number of benzene rings is 3. The Labute approximate surface area is 223 Å². The van der Waals surface area contributed by atoms with Crippen molar-refractivity contribution in [1.82, 2.24) is 0 Å². The summed E-state index contributed by atoms with van der Waals surface area (Å²) in [4.78, 5) is 41.6. The lowest BCUT2D eigenvalue weighted by Crippen LogP contribution is -3.00. The van der Waals surface area contributed by atoms with E-state index in [1.165, 1.54) is 11.1 Å². The van der Waals surface area contributed by atoms with Gasteiger partial charge in [-0.1, -0.05) is 63.1 Å². The van der Waals surface area contributed by atoms with Crippen LogP contribution in [0.4, 0.5) is 17.1 Å². The number of rotatable bonds is 12. The zero-order valence-electron chi connectivity index (χ0n) is 21.0. The summed E-state index contributed by atoms with van der Waals surface area (Å²) in [6.45, 7) is 4.69. The first-order valence-electron chi connectivity index (χ1n) is 12.1. The van der Waals surface area contributed by atoms with Gasteiger partial charge in [-0.05, 0) is 49.2 Å². The fourth-order valence-corrected chi connectivity index (χ4v) is 3.37. The molecule has 8 nitrogen and oxygen atoms in total. The molecule has 0 aliphatic heterocycles. The molecule has 3 aromatic rings.